The fourth-order valence-corrected chi connectivity index (χ4v) is 4.01. The molecule has 2 heterocycles. The van der Waals surface area contributed by atoms with E-state index in [2.05, 4.69) is 89.4 Å². The number of amides is 1. The van der Waals surface area contributed by atoms with Crippen LogP contribution >= 0.6 is 15.9 Å². The molecule has 1 unspecified atom stereocenters. The third kappa shape index (κ3) is 5.88. The zero-order valence-electron chi connectivity index (χ0n) is 19.9. The highest BCUT2D eigenvalue weighted by Crippen LogP contribution is 2.27. The summed E-state index contributed by atoms with van der Waals surface area (Å²) >= 11 is 3.42. The number of hydrogen-bond donors (Lipinski definition) is 1. The molecule has 0 saturated carbocycles. The van der Waals surface area contributed by atoms with Gasteiger partial charge in [0.05, 0.1) is 23.6 Å². The van der Waals surface area contributed by atoms with E-state index in [9.17, 15) is 4.79 Å². The Hall–Kier alpha value is -2.99. The lowest BCUT2D eigenvalue weighted by Crippen LogP contribution is -2.29. The normalized spacial score (nSPS) is 13.2. The fraction of sp³-hybridized carbons (Fsp3) is 0.296. The smallest absolute Gasteiger partial charge is 0.252 e. The van der Waals surface area contributed by atoms with Gasteiger partial charge in [-0.25, -0.2) is 9.67 Å². The molecule has 1 amide bonds. The van der Waals surface area contributed by atoms with Crippen LogP contribution in [0.25, 0.3) is 17.3 Å². The molecule has 0 aliphatic heterocycles. The van der Waals surface area contributed by atoms with E-state index in [0.29, 0.717) is 5.57 Å². The number of halogens is 1. The van der Waals surface area contributed by atoms with Gasteiger partial charge in [-0.3, -0.25) is 4.79 Å². The topological polar surface area (TPSA) is 59.8 Å². The first-order valence-electron chi connectivity index (χ1n) is 11.3. The summed E-state index contributed by atoms with van der Waals surface area (Å²) in [5.74, 6) is -0.121. The summed E-state index contributed by atoms with van der Waals surface area (Å²) in [6.45, 7) is 10.2. The van der Waals surface area contributed by atoms with Crippen LogP contribution < -0.4 is 5.32 Å². The molecule has 1 aromatic carbocycles. The number of nitrogens with zero attached hydrogens (tertiary/aromatic N) is 3. The molecular formula is C27H31BrN4O. The lowest BCUT2D eigenvalue weighted by Gasteiger charge is -2.19. The molecule has 172 valence electrons. The van der Waals surface area contributed by atoms with E-state index in [1.807, 2.05) is 29.8 Å². The first-order valence-corrected chi connectivity index (χ1v) is 12.1. The van der Waals surface area contributed by atoms with Gasteiger partial charge in [0.2, 0.25) is 0 Å². The number of allylic oxidation sites excluding steroid dienone is 2. The van der Waals surface area contributed by atoms with Crippen LogP contribution in [0.15, 0.2) is 65.0 Å². The van der Waals surface area contributed by atoms with E-state index in [-0.39, 0.29) is 11.9 Å². The van der Waals surface area contributed by atoms with Gasteiger partial charge in [-0.05, 0) is 85.4 Å². The van der Waals surface area contributed by atoms with Crippen molar-refractivity contribution < 1.29 is 4.79 Å². The predicted molar refractivity (Wildman–Crippen MR) is 139 cm³/mol. The lowest BCUT2D eigenvalue weighted by molar-refractivity contribution is -0.116. The summed E-state index contributed by atoms with van der Waals surface area (Å²) in [6, 6.07) is 12.0. The highest BCUT2D eigenvalue weighted by Gasteiger charge is 2.22. The number of aromatic nitrogens is 3. The lowest BCUT2D eigenvalue weighted by atomic mass is 10.0. The second kappa shape index (κ2) is 11.2. The van der Waals surface area contributed by atoms with Crippen LogP contribution in [-0.2, 0) is 4.79 Å². The first-order chi connectivity index (χ1) is 15.9. The van der Waals surface area contributed by atoms with Gasteiger partial charge in [0.1, 0.15) is 4.60 Å². The van der Waals surface area contributed by atoms with E-state index in [0.717, 1.165) is 40.0 Å². The molecule has 1 N–H and O–H groups in total. The second-order valence-electron chi connectivity index (χ2n) is 8.08. The molecule has 6 heteroatoms. The Morgan fingerprint density at radius 3 is 2.55 bits per heavy atom. The fourth-order valence-electron chi connectivity index (χ4n) is 3.63. The van der Waals surface area contributed by atoms with Crippen LogP contribution in [0.1, 0.15) is 69.0 Å². The van der Waals surface area contributed by atoms with Gasteiger partial charge < -0.3 is 5.32 Å². The van der Waals surface area contributed by atoms with E-state index in [1.54, 1.807) is 12.4 Å². The largest absolute Gasteiger partial charge is 0.345 e. The maximum atomic E-state index is 13.4. The monoisotopic (exact) mass is 506 g/mol. The molecule has 0 spiro atoms. The zero-order valence-corrected chi connectivity index (χ0v) is 21.5. The van der Waals surface area contributed by atoms with Crippen molar-refractivity contribution >= 4 is 33.5 Å². The average molecular weight is 507 g/mol. The number of aryl methyl sites for hydroxylation is 1. The molecule has 1 atom stereocenters. The molecule has 0 radical (unpaired) electrons. The second-order valence-corrected chi connectivity index (χ2v) is 8.90. The molecule has 0 bridgehead atoms. The van der Waals surface area contributed by atoms with Crippen molar-refractivity contribution in [2.45, 2.75) is 53.5 Å². The number of hydrogen-bond acceptors (Lipinski definition) is 3. The maximum Gasteiger partial charge on any atom is 0.252 e. The van der Waals surface area contributed by atoms with Crippen molar-refractivity contribution in [3.05, 3.63) is 87.4 Å². The molecule has 3 aromatic rings. The highest BCUT2D eigenvalue weighted by atomic mass is 79.9. The standard InChI is InChI=1S/C27H31BrN4O/c1-6-18(4)15-25-23(17-30-32(25)21-11-9-19(5)10-12-21)22(7-2)27(33)31-24(8-3)20-13-14-29-26(28)16-20/h7,9-17,24H,6,8H2,1-5H3,(H,31,33)/b18-15+,22-7+. The quantitative estimate of drug-likeness (QED) is 0.269. The van der Waals surface area contributed by atoms with Crippen molar-refractivity contribution in [1.82, 2.24) is 20.1 Å². The number of benzene rings is 1. The summed E-state index contributed by atoms with van der Waals surface area (Å²) < 4.78 is 2.66. The van der Waals surface area contributed by atoms with Crippen molar-refractivity contribution in [3.63, 3.8) is 0 Å². The number of nitrogens with one attached hydrogen (secondary N) is 1. The minimum atomic E-state index is -0.121. The van der Waals surface area contributed by atoms with E-state index in [4.69, 9.17) is 0 Å². The Bertz CT molecular complexity index is 1180. The number of rotatable bonds is 8. The molecule has 2 aromatic heterocycles. The summed E-state index contributed by atoms with van der Waals surface area (Å²) in [5, 5.41) is 7.86. The van der Waals surface area contributed by atoms with Crippen LogP contribution in [0.2, 0.25) is 0 Å². The average Bonchev–Trinajstić information content (AvgIpc) is 3.21. The van der Waals surface area contributed by atoms with Gasteiger partial charge in [-0.2, -0.15) is 5.10 Å². The van der Waals surface area contributed by atoms with E-state index >= 15 is 0 Å². The SMILES string of the molecule is C/C=C(/C(=O)NC(CC)c1ccnc(Br)c1)c1cnn(-c2ccc(C)cc2)c1/C=C(\C)CC. The molecule has 0 fully saturated rings. The molecule has 0 saturated heterocycles. The van der Waals surface area contributed by atoms with Gasteiger partial charge in [0.25, 0.3) is 5.91 Å². The molecule has 33 heavy (non-hydrogen) atoms. The number of pyridine rings is 1. The first kappa shape index (κ1) is 24.6. The van der Waals surface area contributed by atoms with Crippen LogP contribution in [-0.4, -0.2) is 20.7 Å². The third-order valence-corrected chi connectivity index (χ3v) is 6.15. The maximum absolute atomic E-state index is 13.4. The Labute approximate surface area is 204 Å². The van der Waals surface area contributed by atoms with Crippen LogP contribution in [0.3, 0.4) is 0 Å². The third-order valence-electron chi connectivity index (χ3n) is 5.72. The zero-order chi connectivity index (χ0) is 24.0. The minimum Gasteiger partial charge on any atom is -0.345 e. The van der Waals surface area contributed by atoms with Gasteiger partial charge >= 0.3 is 0 Å². The van der Waals surface area contributed by atoms with Gasteiger partial charge in [0.15, 0.2) is 0 Å². The Morgan fingerprint density at radius 2 is 1.94 bits per heavy atom. The van der Waals surface area contributed by atoms with Crippen LogP contribution in [0.4, 0.5) is 0 Å². The number of carbonyl (C=O) groups is 1. The van der Waals surface area contributed by atoms with Crippen molar-refractivity contribution in [2.24, 2.45) is 0 Å². The summed E-state index contributed by atoms with van der Waals surface area (Å²) in [7, 11) is 0. The van der Waals surface area contributed by atoms with Crippen LogP contribution in [0.5, 0.6) is 0 Å². The molecule has 5 nitrogen and oxygen atoms in total. The van der Waals surface area contributed by atoms with Crippen molar-refractivity contribution in [3.8, 4) is 5.69 Å². The van der Waals surface area contributed by atoms with E-state index < -0.39 is 0 Å². The number of carbonyl (C=O) groups excluding carboxylic acids is 1. The van der Waals surface area contributed by atoms with Crippen molar-refractivity contribution in [1.29, 1.82) is 0 Å². The minimum absolute atomic E-state index is 0.115. The molecule has 3 rings (SSSR count). The van der Waals surface area contributed by atoms with E-state index in [1.165, 1.54) is 11.1 Å². The Balaban J connectivity index is 2.00. The van der Waals surface area contributed by atoms with Gasteiger partial charge in [-0.15, -0.1) is 0 Å². The summed E-state index contributed by atoms with van der Waals surface area (Å²) in [4.78, 5) is 17.6. The summed E-state index contributed by atoms with van der Waals surface area (Å²) in [5.41, 5.74) is 6.71. The summed E-state index contributed by atoms with van der Waals surface area (Å²) in [6.07, 6.45) is 9.20. The Kier molecular flexibility index (Phi) is 8.39. The molecular weight excluding hydrogens is 476 g/mol. The highest BCUT2D eigenvalue weighted by molar-refractivity contribution is 9.10. The van der Waals surface area contributed by atoms with Crippen molar-refractivity contribution in [2.75, 3.05) is 0 Å². The van der Waals surface area contributed by atoms with Gasteiger partial charge in [-0.1, -0.05) is 43.2 Å². The van der Waals surface area contributed by atoms with Gasteiger partial charge in [0, 0.05) is 17.3 Å². The predicted octanol–water partition coefficient (Wildman–Crippen LogP) is 6.82. The Morgan fingerprint density at radius 1 is 1.21 bits per heavy atom. The molecule has 0 aliphatic rings. The molecule has 0 aliphatic carbocycles. The van der Waals surface area contributed by atoms with Crippen LogP contribution in [0, 0.1) is 6.92 Å².